The molecule has 3 heteroatoms. The Hall–Kier alpha value is -0.670. The molecule has 0 fully saturated rings. The molecule has 0 aliphatic heterocycles. The molecule has 0 saturated carbocycles. The zero-order chi connectivity index (χ0) is 10.4. The van der Waals surface area contributed by atoms with Crippen molar-refractivity contribution in [2.24, 2.45) is 0 Å². The molecule has 1 unspecified atom stereocenters. The molecule has 2 nitrogen and oxygen atoms in total. The molecule has 0 amide bonds. The van der Waals surface area contributed by atoms with Gasteiger partial charge in [0, 0.05) is 16.7 Å². The number of likely N-dealkylation sites (N-methyl/N-ethyl adjacent to an activating group) is 1. The Morgan fingerprint density at radius 3 is 2.93 bits per heavy atom. The standard InChI is InChI=1S/C11H15BrN2/c1-3-13-9(2)4-6-11-7-5-10(12)8-14-11/h4-9,13H,3H2,1-2H3/b6-4+. The van der Waals surface area contributed by atoms with Gasteiger partial charge in [0.25, 0.3) is 0 Å². The van der Waals surface area contributed by atoms with Crippen LogP contribution in [0.2, 0.25) is 0 Å². The lowest BCUT2D eigenvalue weighted by atomic mass is 10.2. The van der Waals surface area contributed by atoms with Crippen molar-refractivity contribution in [3.8, 4) is 0 Å². The summed E-state index contributed by atoms with van der Waals surface area (Å²) in [7, 11) is 0. The Kier molecular flexibility index (Phi) is 4.84. The molecule has 0 aliphatic rings. The fourth-order valence-corrected chi connectivity index (χ4v) is 1.35. The van der Waals surface area contributed by atoms with Crippen LogP contribution in [0.25, 0.3) is 6.08 Å². The molecule has 0 aliphatic carbocycles. The summed E-state index contributed by atoms with van der Waals surface area (Å²) >= 11 is 3.35. The summed E-state index contributed by atoms with van der Waals surface area (Å²) < 4.78 is 1.01. The highest BCUT2D eigenvalue weighted by Crippen LogP contribution is 2.08. The SMILES string of the molecule is CCNC(C)/C=C/c1ccc(Br)cn1. The van der Waals surface area contributed by atoms with Gasteiger partial charge < -0.3 is 5.32 Å². The van der Waals surface area contributed by atoms with Crippen molar-refractivity contribution in [3.05, 3.63) is 34.6 Å². The molecule has 1 N–H and O–H groups in total. The van der Waals surface area contributed by atoms with Gasteiger partial charge in [-0.2, -0.15) is 0 Å². The lowest BCUT2D eigenvalue weighted by Crippen LogP contribution is -2.22. The van der Waals surface area contributed by atoms with E-state index in [1.54, 1.807) is 6.20 Å². The lowest BCUT2D eigenvalue weighted by Gasteiger charge is -2.05. The Bertz CT molecular complexity index is 293. The summed E-state index contributed by atoms with van der Waals surface area (Å²) in [5.41, 5.74) is 0.984. The van der Waals surface area contributed by atoms with Crippen molar-refractivity contribution in [1.29, 1.82) is 0 Å². The van der Waals surface area contributed by atoms with Gasteiger partial charge in [0.2, 0.25) is 0 Å². The fourth-order valence-electron chi connectivity index (χ4n) is 1.12. The van der Waals surface area contributed by atoms with Gasteiger partial charge in [0.15, 0.2) is 0 Å². The maximum atomic E-state index is 4.25. The quantitative estimate of drug-likeness (QED) is 0.894. The third-order valence-corrected chi connectivity index (χ3v) is 2.30. The van der Waals surface area contributed by atoms with Gasteiger partial charge >= 0.3 is 0 Å². The molecular formula is C11H15BrN2. The van der Waals surface area contributed by atoms with E-state index < -0.39 is 0 Å². The fraction of sp³-hybridized carbons (Fsp3) is 0.364. The average Bonchev–Trinajstić information content (AvgIpc) is 2.17. The highest BCUT2D eigenvalue weighted by Gasteiger charge is 1.93. The van der Waals surface area contributed by atoms with E-state index in [0.29, 0.717) is 6.04 Å². The molecule has 1 aromatic heterocycles. The van der Waals surface area contributed by atoms with Crippen LogP contribution in [0.5, 0.6) is 0 Å². The Labute approximate surface area is 93.6 Å². The Morgan fingerprint density at radius 2 is 2.36 bits per heavy atom. The molecule has 1 rings (SSSR count). The zero-order valence-electron chi connectivity index (χ0n) is 8.50. The van der Waals surface area contributed by atoms with Crippen LogP contribution in [0.4, 0.5) is 0 Å². The van der Waals surface area contributed by atoms with E-state index in [4.69, 9.17) is 0 Å². The topological polar surface area (TPSA) is 24.9 Å². The second-order valence-electron chi connectivity index (χ2n) is 3.11. The summed E-state index contributed by atoms with van der Waals surface area (Å²) in [6.45, 7) is 5.21. The third kappa shape index (κ3) is 4.03. The van der Waals surface area contributed by atoms with Gasteiger partial charge in [-0.3, -0.25) is 4.98 Å². The van der Waals surface area contributed by atoms with E-state index in [1.807, 2.05) is 18.2 Å². The number of halogens is 1. The number of rotatable bonds is 4. The van der Waals surface area contributed by atoms with Gasteiger partial charge in [-0.1, -0.05) is 13.0 Å². The molecule has 1 aromatic rings. The monoisotopic (exact) mass is 254 g/mol. The number of nitrogens with one attached hydrogen (secondary N) is 1. The number of aromatic nitrogens is 1. The van der Waals surface area contributed by atoms with Gasteiger partial charge in [-0.25, -0.2) is 0 Å². The Balaban J connectivity index is 2.55. The summed E-state index contributed by atoms with van der Waals surface area (Å²) in [5.74, 6) is 0. The first-order valence-electron chi connectivity index (χ1n) is 4.75. The van der Waals surface area contributed by atoms with E-state index in [9.17, 15) is 0 Å². The van der Waals surface area contributed by atoms with E-state index in [1.165, 1.54) is 0 Å². The van der Waals surface area contributed by atoms with E-state index in [0.717, 1.165) is 16.7 Å². The molecule has 0 spiro atoms. The van der Waals surface area contributed by atoms with Crippen molar-refractivity contribution < 1.29 is 0 Å². The number of hydrogen-bond donors (Lipinski definition) is 1. The second-order valence-corrected chi connectivity index (χ2v) is 4.02. The molecule has 1 heterocycles. The highest BCUT2D eigenvalue weighted by molar-refractivity contribution is 9.10. The molecule has 76 valence electrons. The predicted octanol–water partition coefficient (Wildman–Crippen LogP) is 2.86. The molecule has 1 atom stereocenters. The summed E-state index contributed by atoms with van der Waals surface area (Å²) in [6.07, 6.45) is 5.94. The van der Waals surface area contributed by atoms with Gasteiger partial charge in [0.1, 0.15) is 0 Å². The minimum absolute atomic E-state index is 0.394. The summed E-state index contributed by atoms with van der Waals surface area (Å²) in [4.78, 5) is 4.25. The van der Waals surface area contributed by atoms with Crippen molar-refractivity contribution in [3.63, 3.8) is 0 Å². The van der Waals surface area contributed by atoms with Crippen LogP contribution in [0.1, 0.15) is 19.5 Å². The minimum Gasteiger partial charge on any atom is -0.311 e. The molecule has 0 saturated heterocycles. The van der Waals surface area contributed by atoms with Gasteiger partial charge in [0.05, 0.1) is 5.69 Å². The number of pyridine rings is 1. The first-order valence-corrected chi connectivity index (χ1v) is 5.55. The number of nitrogens with zero attached hydrogens (tertiary/aromatic N) is 1. The highest BCUT2D eigenvalue weighted by atomic mass is 79.9. The maximum Gasteiger partial charge on any atom is 0.0627 e. The van der Waals surface area contributed by atoms with Crippen LogP contribution >= 0.6 is 15.9 Å². The third-order valence-electron chi connectivity index (χ3n) is 1.83. The van der Waals surface area contributed by atoms with Crippen molar-refractivity contribution in [2.75, 3.05) is 6.54 Å². The maximum absolute atomic E-state index is 4.25. The van der Waals surface area contributed by atoms with E-state index >= 15 is 0 Å². The van der Waals surface area contributed by atoms with Crippen LogP contribution in [0.3, 0.4) is 0 Å². The summed E-state index contributed by atoms with van der Waals surface area (Å²) in [5, 5.41) is 3.30. The first-order chi connectivity index (χ1) is 6.72. The predicted molar refractivity (Wildman–Crippen MR) is 64.1 cm³/mol. The van der Waals surface area contributed by atoms with Crippen LogP contribution in [-0.4, -0.2) is 17.6 Å². The average molecular weight is 255 g/mol. The van der Waals surface area contributed by atoms with E-state index in [2.05, 4.69) is 46.2 Å². The van der Waals surface area contributed by atoms with Crippen molar-refractivity contribution in [2.45, 2.75) is 19.9 Å². The van der Waals surface area contributed by atoms with Crippen LogP contribution < -0.4 is 5.32 Å². The van der Waals surface area contributed by atoms with Crippen LogP contribution in [0, 0.1) is 0 Å². The second kappa shape index (κ2) is 5.94. The lowest BCUT2D eigenvalue weighted by molar-refractivity contribution is 0.662. The summed E-state index contributed by atoms with van der Waals surface area (Å²) in [6, 6.07) is 4.37. The largest absolute Gasteiger partial charge is 0.311 e. The molecular weight excluding hydrogens is 240 g/mol. The molecule has 0 aromatic carbocycles. The van der Waals surface area contributed by atoms with Crippen LogP contribution in [0.15, 0.2) is 28.9 Å². The van der Waals surface area contributed by atoms with Crippen molar-refractivity contribution >= 4 is 22.0 Å². The van der Waals surface area contributed by atoms with Gasteiger partial charge in [-0.15, -0.1) is 0 Å². The van der Waals surface area contributed by atoms with Gasteiger partial charge in [-0.05, 0) is 47.6 Å². The molecule has 14 heavy (non-hydrogen) atoms. The van der Waals surface area contributed by atoms with Crippen molar-refractivity contribution in [1.82, 2.24) is 10.3 Å². The van der Waals surface area contributed by atoms with E-state index in [-0.39, 0.29) is 0 Å². The Morgan fingerprint density at radius 1 is 1.57 bits per heavy atom. The smallest absolute Gasteiger partial charge is 0.0627 e. The number of hydrogen-bond acceptors (Lipinski definition) is 2. The normalized spacial score (nSPS) is 13.4. The molecule has 0 radical (unpaired) electrons. The van der Waals surface area contributed by atoms with Crippen LogP contribution in [-0.2, 0) is 0 Å². The minimum atomic E-state index is 0.394. The molecule has 0 bridgehead atoms. The zero-order valence-corrected chi connectivity index (χ0v) is 10.1. The first kappa shape index (κ1) is 11.4.